The maximum absolute atomic E-state index is 12.2. The molecule has 2 atom stereocenters. The van der Waals surface area contributed by atoms with E-state index in [1.54, 1.807) is 0 Å². The molecule has 17 heavy (non-hydrogen) atoms. The van der Waals surface area contributed by atoms with Crippen LogP contribution in [0.4, 0.5) is 0 Å². The molecule has 2 fully saturated rings. The molecule has 1 amide bonds. The minimum Gasteiger partial charge on any atom is -0.342 e. The molecule has 2 unspecified atom stereocenters. The van der Waals surface area contributed by atoms with E-state index in [4.69, 9.17) is 11.6 Å². The van der Waals surface area contributed by atoms with Crippen LogP contribution in [-0.2, 0) is 4.79 Å². The van der Waals surface area contributed by atoms with Crippen molar-refractivity contribution in [2.45, 2.75) is 25.2 Å². The first kappa shape index (κ1) is 11.1. The third-order valence-electron chi connectivity index (χ3n) is 3.83. The maximum Gasteiger partial charge on any atom is 0.226 e. The summed E-state index contributed by atoms with van der Waals surface area (Å²) in [5, 5.41) is 0.800. The number of likely N-dealkylation sites (tertiary alicyclic amines) is 1. The number of hydrogen-bond acceptors (Lipinski definition) is 1. The Morgan fingerprint density at radius 3 is 2.65 bits per heavy atom. The van der Waals surface area contributed by atoms with Gasteiger partial charge >= 0.3 is 0 Å². The van der Waals surface area contributed by atoms with Gasteiger partial charge in [-0.2, -0.15) is 0 Å². The Balaban J connectivity index is 1.70. The molecule has 1 aliphatic heterocycles. The van der Waals surface area contributed by atoms with Crippen molar-refractivity contribution in [3.8, 4) is 0 Å². The summed E-state index contributed by atoms with van der Waals surface area (Å²) in [7, 11) is 0. The van der Waals surface area contributed by atoms with Crippen LogP contribution in [0.5, 0.6) is 0 Å². The van der Waals surface area contributed by atoms with Crippen LogP contribution in [0.2, 0.25) is 5.02 Å². The Morgan fingerprint density at radius 1 is 1.24 bits per heavy atom. The molecule has 90 valence electrons. The van der Waals surface area contributed by atoms with Gasteiger partial charge in [0.2, 0.25) is 5.91 Å². The number of amides is 1. The van der Waals surface area contributed by atoms with Gasteiger partial charge < -0.3 is 4.90 Å². The van der Waals surface area contributed by atoms with E-state index in [1.807, 2.05) is 29.2 Å². The van der Waals surface area contributed by atoms with Gasteiger partial charge in [0.15, 0.2) is 0 Å². The molecule has 0 radical (unpaired) electrons. The van der Waals surface area contributed by atoms with Crippen LogP contribution in [0, 0.1) is 5.92 Å². The number of rotatable bonds is 2. The summed E-state index contributed by atoms with van der Waals surface area (Å²) in [6.45, 7) is 1.90. The van der Waals surface area contributed by atoms with Gasteiger partial charge in [-0.3, -0.25) is 4.79 Å². The van der Waals surface area contributed by atoms with E-state index in [2.05, 4.69) is 0 Å². The topological polar surface area (TPSA) is 20.3 Å². The molecular formula is C14H16ClNO. The molecule has 2 nitrogen and oxygen atoms in total. The van der Waals surface area contributed by atoms with Crippen LogP contribution in [0.1, 0.15) is 30.7 Å². The van der Waals surface area contributed by atoms with Crippen molar-refractivity contribution in [2.75, 3.05) is 13.1 Å². The van der Waals surface area contributed by atoms with E-state index in [0.717, 1.165) is 42.9 Å². The van der Waals surface area contributed by atoms with Gasteiger partial charge in [-0.1, -0.05) is 29.8 Å². The summed E-state index contributed by atoms with van der Waals surface area (Å²) in [5.74, 6) is 0.886. The fourth-order valence-electron chi connectivity index (χ4n) is 2.76. The maximum atomic E-state index is 12.2. The predicted molar refractivity (Wildman–Crippen MR) is 68.1 cm³/mol. The smallest absolute Gasteiger partial charge is 0.226 e. The second kappa shape index (κ2) is 4.34. The molecule has 3 rings (SSSR count). The standard InChI is InChI=1S/C14H16ClNO/c15-13-6-2-1-5-10(13)11-9-12(11)14(17)16-7-3-4-8-16/h1-2,5-6,11-12H,3-4,7-9H2. The lowest BCUT2D eigenvalue weighted by atomic mass is 10.1. The van der Waals surface area contributed by atoms with Crippen molar-refractivity contribution in [3.63, 3.8) is 0 Å². The lowest BCUT2D eigenvalue weighted by molar-refractivity contribution is -0.131. The second-order valence-corrected chi connectivity index (χ2v) is 5.41. The summed E-state index contributed by atoms with van der Waals surface area (Å²) in [4.78, 5) is 14.2. The Bertz CT molecular complexity index is 440. The van der Waals surface area contributed by atoms with Gasteiger partial charge in [0.1, 0.15) is 0 Å². The Hall–Kier alpha value is -1.02. The second-order valence-electron chi connectivity index (χ2n) is 5.00. The lowest BCUT2D eigenvalue weighted by Crippen LogP contribution is -2.29. The van der Waals surface area contributed by atoms with Gasteiger partial charge in [-0.05, 0) is 36.8 Å². The van der Waals surface area contributed by atoms with Crippen molar-refractivity contribution in [1.82, 2.24) is 4.90 Å². The fraction of sp³-hybridized carbons (Fsp3) is 0.500. The van der Waals surface area contributed by atoms with Crippen LogP contribution in [0.3, 0.4) is 0 Å². The highest BCUT2D eigenvalue weighted by molar-refractivity contribution is 6.31. The molecular weight excluding hydrogens is 234 g/mol. The van der Waals surface area contributed by atoms with Gasteiger partial charge in [0, 0.05) is 24.0 Å². The van der Waals surface area contributed by atoms with E-state index < -0.39 is 0 Å². The number of hydrogen-bond donors (Lipinski definition) is 0. The summed E-state index contributed by atoms with van der Waals surface area (Å²) in [5.41, 5.74) is 1.15. The highest BCUT2D eigenvalue weighted by Gasteiger charge is 2.46. The van der Waals surface area contributed by atoms with Crippen LogP contribution >= 0.6 is 11.6 Å². The highest BCUT2D eigenvalue weighted by Crippen LogP contribution is 2.50. The fourth-order valence-corrected chi connectivity index (χ4v) is 3.04. The van der Waals surface area contributed by atoms with E-state index in [1.165, 1.54) is 0 Å². The molecule has 1 aliphatic carbocycles. The van der Waals surface area contributed by atoms with Crippen LogP contribution in [0.15, 0.2) is 24.3 Å². The average molecular weight is 250 g/mol. The number of nitrogens with zero attached hydrogens (tertiary/aromatic N) is 1. The highest BCUT2D eigenvalue weighted by atomic mass is 35.5. The van der Waals surface area contributed by atoms with Crippen molar-refractivity contribution >= 4 is 17.5 Å². The molecule has 2 aliphatic rings. The third-order valence-corrected chi connectivity index (χ3v) is 4.17. The molecule has 0 bridgehead atoms. The molecule has 1 saturated heterocycles. The lowest BCUT2D eigenvalue weighted by Gasteiger charge is -2.15. The minimum atomic E-state index is 0.188. The van der Waals surface area contributed by atoms with E-state index >= 15 is 0 Å². The molecule has 0 aromatic heterocycles. The zero-order valence-electron chi connectivity index (χ0n) is 9.73. The molecule has 1 saturated carbocycles. The Morgan fingerprint density at radius 2 is 1.94 bits per heavy atom. The Labute approximate surface area is 107 Å². The summed E-state index contributed by atoms with van der Waals surface area (Å²) in [6, 6.07) is 7.89. The van der Waals surface area contributed by atoms with Gasteiger partial charge in [0.05, 0.1) is 0 Å². The Kier molecular flexibility index (Phi) is 2.83. The van der Waals surface area contributed by atoms with Crippen molar-refractivity contribution in [1.29, 1.82) is 0 Å². The monoisotopic (exact) mass is 249 g/mol. The number of carbonyl (C=O) groups is 1. The molecule has 0 N–H and O–H groups in total. The van der Waals surface area contributed by atoms with Crippen LogP contribution < -0.4 is 0 Å². The van der Waals surface area contributed by atoms with E-state index in [9.17, 15) is 4.79 Å². The number of halogens is 1. The van der Waals surface area contributed by atoms with Crippen LogP contribution in [0.25, 0.3) is 0 Å². The van der Waals surface area contributed by atoms with Crippen molar-refractivity contribution < 1.29 is 4.79 Å². The van der Waals surface area contributed by atoms with E-state index in [0.29, 0.717) is 11.8 Å². The van der Waals surface area contributed by atoms with Gasteiger partial charge in [-0.25, -0.2) is 0 Å². The van der Waals surface area contributed by atoms with Gasteiger partial charge in [-0.15, -0.1) is 0 Å². The zero-order valence-corrected chi connectivity index (χ0v) is 10.5. The molecule has 1 aromatic carbocycles. The van der Waals surface area contributed by atoms with Gasteiger partial charge in [0.25, 0.3) is 0 Å². The van der Waals surface area contributed by atoms with Crippen LogP contribution in [-0.4, -0.2) is 23.9 Å². The molecule has 1 heterocycles. The van der Waals surface area contributed by atoms with E-state index in [-0.39, 0.29) is 5.92 Å². The zero-order chi connectivity index (χ0) is 11.8. The minimum absolute atomic E-state index is 0.188. The third kappa shape index (κ3) is 2.06. The largest absolute Gasteiger partial charge is 0.342 e. The summed E-state index contributed by atoms with van der Waals surface area (Å²) < 4.78 is 0. The predicted octanol–water partition coefficient (Wildman–Crippen LogP) is 3.07. The first-order valence-electron chi connectivity index (χ1n) is 6.30. The first-order valence-corrected chi connectivity index (χ1v) is 6.68. The van der Waals surface area contributed by atoms with Crippen molar-refractivity contribution in [3.05, 3.63) is 34.9 Å². The molecule has 3 heteroatoms. The quantitative estimate of drug-likeness (QED) is 0.789. The normalized spacial score (nSPS) is 27.2. The SMILES string of the molecule is O=C(C1CC1c1ccccc1Cl)N1CCCC1. The van der Waals surface area contributed by atoms with Crippen molar-refractivity contribution in [2.24, 2.45) is 5.92 Å². The number of carbonyl (C=O) groups excluding carboxylic acids is 1. The summed E-state index contributed by atoms with van der Waals surface area (Å²) in [6.07, 6.45) is 3.30. The summed E-state index contributed by atoms with van der Waals surface area (Å²) >= 11 is 6.16. The molecule has 0 spiro atoms. The number of benzene rings is 1. The molecule has 1 aromatic rings. The first-order chi connectivity index (χ1) is 8.27. The average Bonchev–Trinajstić information content (AvgIpc) is 2.93.